The Morgan fingerprint density at radius 2 is 1.74 bits per heavy atom. The van der Waals surface area contributed by atoms with Gasteiger partial charge in [0.05, 0.1) is 11.2 Å². The van der Waals surface area contributed by atoms with Crippen molar-refractivity contribution in [3.05, 3.63) is 16.1 Å². The van der Waals surface area contributed by atoms with Gasteiger partial charge in [-0.15, -0.1) is 11.3 Å². The van der Waals surface area contributed by atoms with Crippen LogP contribution in [-0.2, 0) is 5.54 Å². The molecule has 1 aromatic heterocycles. The fraction of sp³-hybridized carbons (Fsp3) is 0.812. The summed E-state index contributed by atoms with van der Waals surface area (Å²) in [6.07, 6.45) is 4.72. The Hall–Kier alpha value is -0.410. The average molecular weight is 282 g/mol. The van der Waals surface area contributed by atoms with Crippen molar-refractivity contribution in [1.29, 1.82) is 0 Å². The van der Waals surface area contributed by atoms with E-state index in [4.69, 9.17) is 4.98 Å². The molecule has 0 aromatic carbocycles. The van der Waals surface area contributed by atoms with Gasteiger partial charge < -0.3 is 5.32 Å². The van der Waals surface area contributed by atoms with Crippen molar-refractivity contribution in [2.45, 2.75) is 84.7 Å². The van der Waals surface area contributed by atoms with Crippen LogP contribution in [0.3, 0.4) is 0 Å². The van der Waals surface area contributed by atoms with Crippen LogP contribution in [0.1, 0.15) is 83.8 Å². The smallest absolute Gasteiger partial charge is 0.113 e. The predicted octanol–water partition coefficient (Wildman–Crippen LogP) is 5.06. The normalized spacial score (nSPS) is 12.6. The van der Waals surface area contributed by atoms with Gasteiger partial charge >= 0.3 is 0 Å². The van der Waals surface area contributed by atoms with E-state index in [2.05, 4.69) is 52.2 Å². The van der Waals surface area contributed by atoms with E-state index in [9.17, 15) is 0 Å². The van der Waals surface area contributed by atoms with Gasteiger partial charge in [-0.1, -0.05) is 40.5 Å². The van der Waals surface area contributed by atoms with E-state index in [0.29, 0.717) is 12.0 Å². The molecule has 110 valence electrons. The Balaban J connectivity index is 3.10. The van der Waals surface area contributed by atoms with Crippen LogP contribution in [0.2, 0.25) is 0 Å². The van der Waals surface area contributed by atoms with Gasteiger partial charge in [0.25, 0.3) is 0 Å². The second-order valence-corrected chi connectivity index (χ2v) is 6.97. The summed E-state index contributed by atoms with van der Waals surface area (Å²) in [5.74, 6) is 0.519. The minimum absolute atomic E-state index is 0.0788. The molecule has 0 spiro atoms. The highest BCUT2D eigenvalue weighted by Gasteiger charge is 2.34. The summed E-state index contributed by atoms with van der Waals surface area (Å²) in [6.45, 7) is 13.4. The summed E-state index contributed by atoms with van der Waals surface area (Å²) >= 11 is 1.83. The van der Waals surface area contributed by atoms with Gasteiger partial charge in [-0.05, 0) is 32.6 Å². The molecular formula is C16H30N2S. The number of nitrogens with one attached hydrogen (secondary N) is 1. The summed E-state index contributed by atoms with van der Waals surface area (Å²) in [5.41, 5.74) is 1.32. The highest BCUT2D eigenvalue weighted by atomic mass is 32.1. The van der Waals surface area contributed by atoms with Crippen molar-refractivity contribution >= 4 is 11.3 Å². The van der Waals surface area contributed by atoms with Gasteiger partial charge in [-0.25, -0.2) is 4.98 Å². The van der Waals surface area contributed by atoms with Crippen molar-refractivity contribution in [2.75, 3.05) is 0 Å². The van der Waals surface area contributed by atoms with Gasteiger partial charge in [0.1, 0.15) is 5.01 Å². The summed E-state index contributed by atoms with van der Waals surface area (Å²) in [5, 5.41) is 7.34. The van der Waals surface area contributed by atoms with Crippen LogP contribution in [0, 0.1) is 0 Å². The molecule has 0 aliphatic carbocycles. The number of hydrogen-bond donors (Lipinski definition) is 1. The van der Waals surface area contributed by atoms with E-state index in [1.807, 2.05) is 11.3 Å². The molecule has 0 saturated heterocycles. The van der Waals surface area contributed by atoms with Gasteiger partial charge in [0.2, 0.25) is 0 Å². The van der Waals surface area contributed by atoms with E-state index in [-0.39, 0.29) is 5.54 Å². The minimum Gasteiger partial charge on any atom is -0.303 e. The quantitative estimate of drug-likeness (QED) is 0.721. The molecule has 0 aliphatic heterocycles. The van der Waals surface area contributed by atoms with E-state index in [1.165, 1.54) is 36.4 Å². The first-order valence-electron chi connectivity index (χ1n) is 7.68. The molecule has 0 unspecified atom stereocenters. The Morgan fingerprint density at radius 1 is 1.16 bits per heavy atom. The number of aromatic nitrogens is 1. The third-order valence-corrected chi connectivity index (χ3v) is 4.51. The first-order chi connectivity index (χ1) is 8.95. The van der Waals surface area contributed by atoms with Crippen LogP contribution in [0.15, 0.2) is 5.38 Å². The topological polar surface area (TPSA) is 24.9 Å². The first kappa shape index (κ1) is 16.6. The van der Waals surface area contributed by atoms with Crippen molar-refractivity contribution < 1.29 is 0 Å². The number of rotatable bonds is 8. The van der Waals surface area contributed by atoms with Crippen LogP contribution in [0.4, 0.5) is 0 Å². The molecule has 1 N–H and O–H groups in total. The third kappa shape index (κ3) is 4.28. The van der Waals surface area contributed by atoms with Crippen molar-refractivity contribution in [3.63, 3.8) is 0 Å². The molecule has 2 nitrogen and oxygen atoms in total. The van der Waals surface area contributed by atoms with E-state index < -0.39 is 0 Å². The lowest BCUT2D eigenvalue weighted by Crippen LogP contribution is -2.46. The predicted molar refractivity (Wildman–Crippen MR) is 86.0 cm³/mol. The lowest BCUT2D eigenvalue weighted by molar-refractivity contribution is 0.257. The lowest BCUT2D eigenvalue weighted by atomic mass is 9.88. The highest BCUT2D eigenvalue weighted by Crippen LogP contribution is 2.35. The van der Waals surface area contributed by atoms with Crippen LogP contribution < -0.4 is 5.32 Å². The fourth-order valence-corrected chi connectivity index (χ4v) is 3.93. The van der Waals surface area contributed by atoms with Gasteiger partial charge in [0.15, 0.2) is 0 Å². The Labute approximate surface area is 123 Å². The number of thiazole rings is 1. The molecule has 1 heterocycles. The van der Waals surface area contributed by atoms with Crippen LogP contribution in [0.5, 0.6) is 0 Å². The molecule has 1 aromatic rings. The third-order valence-electron chi connectivity index (χ3n) is 3.44. The summed E-state index contributed by atoms with van der Waals surface area (Å²) in [4.78, 5) is 4.93. The van der Waals surface area contributed by atoms with Crippen molar-refractivity contribution in [1.82, 2.24) is 10.3 Å². The minimum atomic E-state index is 0.0788. The number of nitrogens with zero attached hydrogens (tertiary/aromatic N) is 1. The largest absolute Gasteiger partial charge is 0.303 e. The zero-order valence-electron chi connectivity index (χ0n) is 13.4. The summed E-state index contributed by atoms with van der Waals surface area (Å²) < 4.78 is 0. The van der Waals surface area contributed by atoms with Gasteiger partial charge in [0, 0.05) is 11.4 Å². The first-order valence-corrected chi connectivity index (χ1v) is 8.56. The lowest BCUT2D eigenvalue weighted by Gasteiger charge is -2.35. The molecule has 1 rings (SSSR count). The van der Waals surface area contributed by atoms with Gasteiger partial charge in [-0.2, -0.15) is 0 Å². The fourth-order valence-electron chi connectivity index (χ4n) is 2.72. The van der Waals surface area contributed by atoms with Crippen LogP contribution >= 0.6 is 11.3 Å². The SMILES string of the molecule is CCCC(CCC)(NC(C)C)c1nc(C(C)C)cs1. The number of hydrogen-bond acceptors (Lipinski definition) is 3. The molecule has 0 radical (unpaired) electrons. The highest BCUT2D eigenvalue weighted by molar-refractivity contribution is 7.09. The molecule has 0 aliphatic rings. The maximum Gasteiger partial charge on any atom is 0.113 e. The molecule has 0 saturated carbocycles. The van der Waals surface area contributed by atoms with Gasteiger partial charge in [-0.3, -0.25) is 0 Å². The van der Waals surface area contributed by atoms with Crippen LogP contribution in [0.25, 0.3) is 0 Å². The van der Waals surface area contributed by atoms with E-state index >= 15 is 0 Å². The second-order valence-electron chi connectivity index (χ2n) is 6.11. The van der Waals surface area contributed by atoms with E-state index in [1.54, 1.807) is 0 Å². The Bertz CT molecular complexity index is 363. The monoisotopic (exact) mass is 282 g/mol. The molecule has 0 atom stereocenters. The van der Waals surface area contributed by atoms with Crippen molar-refractivity contribution in [2.24, 2.45) is 0 Å². The molecule has 3 heteroatoms. The van der Waals surface area contributed by atoms with E-state index in [0.717, 1.165) is 0 Å². The second kappa shape index (κ2) is 7.39. The molecule has 0 amide bonds. The molecule has 0 fully saturated rings. The molecule has 19 heavy (non-hydrogen) atoms. The summed E-state index contributed by atoms with van der Waals surface area (Å²) in [6, 6.07) is 0.490. The average Bonchev–Trinajstić information content (AvgIpc) is 2.78. The van der Waals surface area contributed by atoms with Crippen LogP contribution in [-0.4, -0.2) is 11.0 Å². The molecular weight excluding hydrogens is 252 g/mol. The maximum absolute atomic E-state index is 4.93. The summed E-state index contributed by atoms with van der Waals surface area (Å²) in [7, 11) is 0. The standard InChI is InChI=1S/C16H30N2S/c1-7-9-16(10-8-2,18-13(5)6)15-17-14(11-19-15)12(3)4/h11-13,18H,7-10H2,1-6H3. The Kier molecular flexibility index (Phi) is 6.48. The Morgan fingerprint density at radius 3 is 2.11 bits per heavy atom. The zero-order chi connectivity index (χ0) is 14.5. The molecule has 0 bridgehead atoms. The van der Waals surface area contributed by atoms with Crippen molar-refractivity contribution in [3.8, 4) is 0 Å². The maximum atomic E-state index is 4.93. The zero-order valence-corrected chi connectivity index (χ0v) is 14.2.